The van der Waals surface area contributed by atoms with Gasteiger partial charge in [-0.1, -0.05) is 0 Å². The predicted molar refractivity (Wildman–Crippen MR) is 85.8 cm³/mol. The van der Waals surface area contributed by atoms with Crippen molar-refractivity contribution in [1.82, 2.24) is 10.2 Å². The Kier molecular flexibility index (Phi) is 7.85. The zero-order chi connectivity index (χ0) is 14.9. The molecule has 0 saturated carbocycles. The summed E-state index contributed by atoms with van der Waals surface area (Å²) in [6, 6.07) is 0.386. The molecule has 122 valence electrons. The first-order valence-electron chi connectivity index (χ1n) is 7.99. The van der Waals surface area contributed by atoms with Crippen LogP contribution in [0.5, 0.6) is 0 Å². The number of carbonyl (C=O) groups is 1. The van der Waals surface area contributed by atoms with Gasteiger partial charge in [-0.05, 0) is 38.1 Å². The van der Waals surface area contributed by atoms with E-state index in [0.29, 0.717) is 38.3 Å². The van der Waals surface area contributed by atoms with Gasteiger partial charge in [0.25, 0.3) is 0 Å². The van der Waals surface area contributed by atoms with Crippen molar-refractivity contribution in [2.45, 2.75) is 37.8 Å². The van der Waals surface area contributed by atoms with Crippen molar-refractivity contribution in [3.63, 3.8) is 0 Å². The van der Waals surface area contributed by atoms with E-state index in [1.165, 1.54) is 0 Å². The predicted octanol–water partition coefficient (Wildman–Crippen LogP) is 1.13. The van der Waals surface area contributed by atoms with Gasteiger partial charge in [0.2, 0.25) is 5.91 Å². The number of thioether (sulfide) groups is 1. The quantitative estimate of drug-likeness (QED) is 0.727. The molecule has 0 aromatic heterocycles. The van der Waals surface area contributed by atoms with Crippen LogP contribution < -0.4 is 5.32 Å². The molecule has 0 aromatic carbocycles. The number of ether oxygens (including phenoxy) is 2. The lowest BCUT2D eigenvalue weighted by molar-refractivity contribution is -0.135. The maximum atomic E-state index is 12.4. The van der Waals surface area contributed by atoms with E-state index in [-0.39, 0.29) is 5.91 Å². The summed E-state index contributed by atoms with van der Waals surface area (Å²) in [6.07, 6.45) is 4.04. The molecule has 0 aliphatic carbocycles. The van der Waals surface area contributed by atoms with Gasteiger partial charge in [0.15, 0.2) is 0 Å². The van der Waals surface area contributed by atoms with E-state index in [9.17, 15) is 4.79 Å². The Balaban J connectivity index is 1.71. The summed E-state index contributed by atoms with van der Waals surface area (Å²) in [4.78, 5) is 14.5. The Bertz CT molecular complexity index is 305. The van der Waals surface area contributed by atoms with Gasteiger partial charge < -0.3 is 19.7 Å². The van der Waals surface area contributed by atoms with Crippen LogP contribution in [0.2, 0.25) is 0 Å². The van der Waals surface area contributed by atoms with Crippen molar-refractivity contribution in [1.29, 1.82) is 0 Å². The third-order valence-corrected chi connectivity index (χ3v) is 5.30. The lowest BCUT2D eigenvalue weighted by Gasteiger charge is -2.29. The number of nitrogens with one attached hydrogen (secondary N) is 1. The second kappa shape index (κ2) is 9.66. The van der Waals surface area contributed by atoms with E-state index in [1.54, 1.807) is 7.11 Å². The number of nitrogens with zero attached hydrogens (tertiary/aromatic N) is 1. The normalized spacial score (nSPS) is 23.4. The third kappa shape index (κ3) is 5.77. The highest BCUT2D eigenvalue weighted by molar-refractivity contribution is 7.99. The minimum atomic E-state index is 0.216. The smallest absolute Gasteiger partial charge is 0.225 e. The van der Waals surface area contributed by atoms with Crippen LogP contribution in [0.3, 0.4) is 0 Å². The second-order valence-electron chi connectivity index (χ2n) is 5.67. The highest BCUT2D eigenvalue weighted by Crippen LogP contribution is 2.23. The van der Waals surface area contributed by atoms with Gasteiger partial charge in [-0.2, -0.15) is 11.8 Å². The van der Waals surface area contributed by atoms with Gasteiger partial charge in [-0.25, -0.2) is 0 Å². The highest BCUT2D eigenvalue weighted by Gasteiger charge is 2.26. The number of piperidine rings is 1. The molecule has 5 nitrogen and oxygen atoms in total. The molecule has 2 aliphatic heterocycles. The summed E-state index contributed by atoms with van der Waals surface area (Å²) in [5, 5.41) is 3.32. The molecule has 0 aromatic rings. The van der Waals surface area contributed by atoms with Crippen LogP contribution >= 0.6 is 11.8 Å². The van der Waals surface area contributed by atoms with Gasteiger partial charge in [-0.3, -0.25) is 4.79 Å². The van der Waals surface area contributed by atoms with Crippen molar-refractivity contribution >= 4 is 17.7 Å². The monoisotopic (exact) mass is 316 g/mol. The molecule has 1 amide bonds. The molecule has 0 radical (unpaired) electrons. The molecule has 21 heavy (non-hydrogen) atoms. The molecule has 1 atom stereocenters. The van der Waals surface area contributed by atoms with Crippen molar-refractivity contribution in [3.8, 4) is 0 Å². The number of amides is 1. The van der Waals surface area contributed by atoms with Crippen LogP contribution in [0.4, 0.5) is 0 Å². The molecule has 2 aliphatic rings. The zero-order valence-corrected chi connectivity index (χ0v) is 13.8. The third-order valence-electron chi connectivity index (χ3n) is 4.16. The Labute approximate surface area is 132 Å². The maximum absolute atomic E-state index is 12.4. The lowest BCUT2D eigenvalue weighted by atomic mass is 10.1. The van der Waals surface area contributed by atoms with E-state index < -0.39 is 0 Å². The van der Waals surface area contributed by atoms with Gasteiger partial charge in [0.05, 0.1) is 25.7 Å². The number of hydrogen-bond donors (Lipinski definition) is 1. The first-order valence-corrected chi connectivity index (χ1v) is 9.15. The van der Waals surface area contributed by atoms with Crippen molar-refractivity contribution < 1.29 is 14.3 Å². The summed E-state index contributed by atoms with van der Waals surface area (Å²) >= 11 is 1.94. The van der Waals surface area contributed by atoms with Crippen molar-refractivity contribution in [2.75, 3.05) is 51.5 Å². The van der Waals surface area contributed by atoms with Crippen LogP contribution in [-0.2, 0) is 14.3 Å². The number of methoxy groups -OCH3 is 1. The van der Waals surface area contributed by atoms with E-state index in [2.05, 4.69) is 5.32 Å². The zero-order valence-electron chi connectivity index (χ0n) is 13.0. The highest BCUT2D eigenvalue weighted by atomic mass is 32.2. The van der Waals surface area contributed by atoms with Gasteiger partial charge in [0.1, 0.15) is 0 Å². The number of rotatable bonds is 8. The summed E-state index contributed by atoms with van der Waals surface area (Å²) in [5.41, 5.74) is 0. The summed E-state index contributed by atoms with van der Waals surface area (Å²) in [7, 11) is 1.69. The van der Waals surface area contributed by atoms with E-state index in [0.717, 1.165) is 43.9 Å². The molecule has 2 saturated heterocycles. The number of carbonyl (C=O) groups excluding carboxylic acids is 1. The Morgan fingerprint density at radius 1 is 1.29 bits per heavy atom. The van der Waals surface area contributed by atoms with E-state index in [4.69, 9.17) is 9.47 Å². The number of hydrogen-bond acceptors (Lipinski definition) is 5. The molecule has 0 bridgehead atoms. The average Bonchev–Trinajstić information content (AvgIpc) is 3.03. The Morgan fingerprint density at radius 2 is 2.10 bits per heavy atom. The van der Waals surface area contributed by atoms with E-state index in [1.807, 2.05) is 16.7 Å². The molecular formula is C15H28N2O3S. The second-order valence-corrected chi connectivity index (χ2v) is 6.82. The maximum Gasteiger partial charge on any atom is 0.225 e. The molecule has 1 unspecified atom stereocenters. The SMILES string of the molecule is COCCN(C(=O)CCOC1CCNCC1)C1CCSC1. The standard InChI is InChI=1S/C15H28N2O3S/c1-19-10-8-17(13-5-11-21-12-13)15(18)4-9-20-14-2-6-16-7-3-14/h13-14,16H,2-12H2,1H3. The average molecular weight is 316 g/mol. The molecular weight excluding hydrogens is 288 g/mol. The fraction of sp³-hybridized carbons (Fsp3) is 0.933. The minimum absolute atomic E-state index is 0.216. The molecule has 1 N–H and O–H groups in total. The van der Waals surface area contributed by atoms with Crippen molar-refractivity contribution in [2.24, 2.45) is 0 Å². The molecule has 6 heteroatoms. The fourth-order valence-electron chi connectivity index (χ4n) is 2.89. The van der Waals surface area contributed by atoms with E-state index >= 15 is 0 Å². The fourth-order valence-corrected chi connectivity index (χ4v) is 4.11. The molecule has 2 fully saturated rings. The van der Waals surface area contributed by atoms with Crippen LogP contribution in [-0.4, -0.2) is 74.4 Å². The molecule has 2 heterocycles. The van der Waals surface area contributed by atoms with Gasteiger partial charge in [0, 0.05) is 25.4 Å². The van der Waals surface area contributed by atoms with Crippen LogP contribution in [0, 0.1) is 0 Å². The molecule has 0 spiro atoms. The Hall–Kier alpha value is -0.300. The first-order chi connectivity index (χ1) is 10.3. The lowest BCUT2D eigenvalue weighted by Crippen LogP contribution is -2.43. The largest absolute Gasteiger partial charge is 0.383 e. The minimum Gasteiger partial charge on any atom is -0.383 e. The molecule has 2 rings (SSSR count). The van der Waals surface area contributed by atoms with Crippen LogP contribution in [0.25, 0.3) is 0 Å². The van der Waals surface area contributed by atoms with Crippen molar-refractivity contribution in [3.05, 3.63) is 0 Å². The summed E-state index contributed by atoms with van der Waals surface area (Å²) in [6.45, 7) is 3.92. The van der Waals surface area contributed by atoms with Gasteiger partial charge in [-0.15, -0.1) is 0 Å². The topological polar surface area (TPSA) is 50.8 Å². The first kappa shape index (κ1) is 17.1. The summed E-state index contributed by atoms with van der Waals surface area (Å²) in [5.74, 6) is 2.44. The van der Waals surface area contributed by atoms with Gasteiger partial charge >= 0.3 is 0 Å². The van der Waals surface area contributed by atoms with Crippen LogP contribution in [0.1, 0.15) is 25.7 Å². The summed E-state index contributed by atoms with van der Waals surface area (Å²) < 4.78 is 11.0. The Morgan fingerprint density at radius 3 is 2.76 bits per heavy atom. The van der Waals surface area contributed by atoms with Crippen LogP contribution in [0.15, 0.2) is 0 Å².